The van der Waals surface area contributed by atoms with Crippen molar-refractivity contribution in [3.05, 3.63) is 59.2 Å². The van der Waals surface area contributed by atoms with E-state index in [9.17, 15) is 18.0 Å². The molecular formula is C23H25F3N4O2. The van der Waals surface area contributed by atoms with Crippen molar-refractivity contribution in [3.8, 4) is 0 Å². The number of carbonyl (C=O) groups excluding carboxylic acids is 1. The summed E-state index contributed by atoms with van der Waals surface area (Å²) in [6.07, 6.45) is -1.16. The van der Waals surface area contributed by atoms with E-state index >= 15 is 0 Å². The van der Waals surface area contributed by atoms with Crippen molar-refractivity contribution in [1.82, 2.24) is 20.5 Å². The molecule has 1 amide bonds. The first kappa shape index (κ1) is 22.3. The number of hydrogen-bond donors (Lipinski definition) is 1. The summed E-state index contributed by atoms with van der Waals surface area (Å²) < 4.78 is 43.1. The Bertz CT molecular complexity index is 1060. The summed E-state index contributed by atoms with van der Waals surface area (Å²) in [6.45, 7) is 2.87. The maximum Gasteiger partial charge on any atom is 0.416 e. The van der Waals surface area contributed by atoms with Gasteiger partial charge in [-0.1, -0.05) is 18.2 Å². The quantitative estimate of drug-likeness (QED) is 0.577. The number of likely N-dealkylation sites (tertiary alicyclic amines) is 1. The molecule has 170 valence electrons. The van der Waals surface area contributed by atoms with Crippen molar-refractivity contribution in [3.63, 3.8) is 0 Å². The zero-order valence-electron chi connectivity index (χ0n) is 17.6. The predicted molar refractivity (Wildman–Crippen MR) is 112 cm³/mol. The number of hydrogen-bond acceptors (Lipinski definition) is 5. The molecular weight excluding hydrogens is 421 g/mol. The molecule has 0 spiro atoms. The molecule has 0 radical (unpaired) electrons. The minimum absolute atomic E-state index is 0.104. The van der Waals surface area contributed by atoms with Gasteiger partial charge in [0.15, 0.2) is 0 Å². The average molecular weight is 446 g/mol. The predicted octanol–water partition coefficient (Wildman–Crippen LogP) is 4.55. The maximum absolute atomic E-state index is 12.8. The normalized spacial score (nSPS) is 15.8. The first-order valence-corrected chi connectivity index (χ1v) is 10.7. The topological polar surface area (TPSA) is 71.3 Å². The van der Waals surface area contributed by atoms with Crippen LogP contribution in [-0.2, 0) is 24.1 Å². The van der Waals surface area contributed by atoms with E-state index in [1.165, 1.54) is 11.6 Å². The lowest BCUT2D eigenvalue weighted by Gasteiger charge is -2.31. The molecule has 0 saturated carbocycles. The average Bonchev–Trinajstić information content (AvgIpc) is 3.25. The number of piperidine rings is 1. The lowest BCUT2D eigenvalue weighted by molar-refractivity contribution is -0.137. The van der Waals surface area contributed by atoms with Gasteiger partial charge in [0.25, 0.3) is 0 Å². The molecule has 0 atom stereocenters. The van der Waals surface area contributed by atoms with Crippen molar-refractivity contribution in [2.24, 2.45) is 5.92 Å². The van der Waals surface area contributed by atoms with Gasteiger partial charge in [-0.05, 0) is 84.0 Å². The molecule has 4 rings (SSSR count). The van der Waals surface area contributed by atoms with E-state index in [2.05, 4.69) is 20.5 Å². The number of fused-ring (bicyclic) bond motifs is 1. The summed E-state index contributed by atoms with van der Waals surface area (Å²) in [5.41, 5.74) is 2.42. The highest BCUT2D eigenvalue weighted by Gasteiger charge is 2.30. The van der Waals surface area contributed by atoms with E-state index in [1.807, 2.05) is 18.2 Å². The minimum Gasteiger partial charge on any atom is -0.352 e. The van der Waals surface area contributed by atoms with Gasteiger partial charge in [0.2, 0.25) is 5.91 Å². The standard InChI is InChI=1S/C23H25F3N4O2/c24-23(25,26)19-3-1-2-17(12-19)14-27-22(31)7-5-16-8-10-30(11-9-16)15-18-4-6-20-21(13-18)29-32-28-20/h1-4,6,12-13,16H,5,7-11,14-15H2,(H,27,31). The van der Waals surface area contributed by atoms with E-state index < -0.39 is 11.7 Å². The first-order valence-electron chi connectivity index (χ1n) is 10.7. The zero-order chi connectivity index (χ0) is 22.6. The van der Waals surface area contributed by atoms with Crippen molar-refractivity contribution in [2.75, 3.05) is 13.1 Å². The van der Waals surface area contributed by atoms with Gasteiger partial charge in [0.05, 0.1) is 5.56 Å². The molecule has 1 N–H and O–H groups in total. The smallest absolute Gasteiger partial charge is 0.352 e. The molecule has 0 aliphatic carbocycles. The Morgan fingerprint density at radius 2 is 1.84 bits per heavy atom. The van der Waals surface area contributed by atoms with E-state index in [-0.39, 0.29) is 12.5 Å². The van der Waals surface area contributed by atoms with Crippen molar-refractivity contribution < 1.29 is 22.6 Å². The van der Waals surface area contributed by atoms with Crippen LogP contribution in [0.2, 0.25) is 0 Å². The first-order chi connectivity index (χ1) is 15.4. The fourth-order valence-corrected chi connectivity index (χ4v) is 4.10. The number of alkyl halides is 3. The van der Waals surface area contributed by atoms with E-state index in [0.717, 1.165) is 62.1 Å². The van der Waals surface area contributed by atoms with Gasteiger partial charge in [-0.2, -0.15) is 13.2 Å². The Labute approximate surface area is 183 Å². The molecule has 0 bridgehead atoms. The molecule has 32 heavy (non-hydrogen) atoms. The fraction of sp³-hybridized carbons (Fsp3) is 0.435. The fourth-order valence-electron chi connectivity index (χ4n) is 4.10. The molecule has 6 nitrogen and oxygen atoms in total. The SMILES string of the molecule is O=C(CCC1CCN(Cc2ccc3nonc3c2)CC1)NCc1cccc(C(F)(F)F)c1. The number of nitrogens with one attached hydrogen (secondary N) is 1. The molecule has 3 aromatic rings. The van der Waals surface area contributed by atoms with Crippen molar-refractivity contribution >= 4 is 16.9 Å². The number of nitrogens with zero attached hydrogens (tertiary/aromatic N) is 3. The van der Waals surface area contributed by atoms with E-state index in [1.54, 1.807) is 6.07 Å². The van der Waals surface area contributed by atoms with E-state index in [0.29, 0.717) is 17.9 Å². The zero-order valence-corrected chi connectivity index (χ0v) is 17.6. The molecule has 1 fully saturated rings. The lowest BCUT2D eigenvalue weighted by Crippen LogP contribution is -2.33. The van der Waals surface area contributed by atoms with Gasteiger partial charge in [0, 0.05) is 19.5 Å². The minimum atomic E-state index is -4.38. The van der Waals surface area contributed by atoms with Gasteiger partial charge in [-0.15, -0.1) is 0 Å². The Morgan fingerprint density at radius 3 is 2.62 bits per heavy atom. The number of rotatable bonds is 7. The summed E-state index contributed by atoms with van der Waals surface area (Å²) in [6, 6.07) is 11.0. The molecule has 0 unspecified atom stereocenters. The van der Waals surface area contributed by atoms with Gasteiger partial charge < -0.3 is 5.32 Å². The maximum atomic E-state index is 12.8. The van der Waals surface area contributed by atoms with Crippen LogP contribution in [0.15, 0.2) is 47.1 Å². The Balaban J connectivity index is 1.16. The summed E-state index contributed by atoms with van der Waals surface area (Å²) in [5.74, 6) is 0.354. The van der Waals surface area contributed by atoms with Gasteiger partial charge in [-0.3, -0.25) is 9.69 Å². The number of halogens is 3. The van der Waals surface area contributed by atoms with Crippen LogP contribution in [0.1, 0.15) is 42.4 Å². The highest BCUT2D eigenvalue weighted by molar-refractivity contribution is 5.75. The third-order valence-corrected chi connectivity index (χ3v) is 5.96. The molecule has 1 aliphatic rings. The van der Waals surface area contributed by atoms with Crippen LogP contribution in [-0.4, -0.2) is 34.2 Å². The third kappa shape index (κ3) is 5.85. The molecule has 2 heterocycles. The molecule has 1 aliphatic heterocycles. The Kier molecular flexibility index (Phi) is 6.74. The highest BCUT2D eigenvalue weighted by atomic mass is 19.4. The summed E-state index contributed by atoms with van der Waals surface area (Å²) >= 11 is 0. The van der Waals surface area contributed by atoms with Crippen LogP contribution in [0.5, 0.6) is 0 Å². The number of aromatic nitrogens is 2. The number of amides is 1. The van der Waals surface area contributed by atoms with Crippen LogP contribution in [0.4, 0.5) is 13.2 Å². The van der Waals surface area contributed by atoms with Crippen LogP contribution in [0, 0.1) is 5.92 Å². The molecule has 1 aromatic heterocycles. The Morgan fingerprint density at radius 1 is 1.06 bits per heavy atom. The van der Waals surface area contributed by atoms with Crippen LogP contribution in [0.3, 0.4) is 0 Å². The van der Waals surface area contributed by atoms with Gasteiger partial charge in [0.1, 0.15) is 11.0 Å². The Hall–Kier alpha value is -2.94. The monoisotopic (exact) mass is 446 g/mol. The van der Waals surface area contributed by atoms with Crippen LogP contribution < -0.4 is 5.32 Å². The van der Waals surface area contributed by atoms with Crippen molar-refractivity contribution in [2.45, 2.75) is 44.9 Å². The third-order valence-electron chi connectivity index (χ3n) is 5.96. The number of benzene rings is 2. The van der Waals surface area contributed by atoms with Crippen LogP contribution in [0.25, 0.3) is 11.0 Å². The molecule has 2 aromatic carbocycles. The second-order valence-electron chi connectivity index (χ2n) is 8.32. The molecule has 9 heteroatoms. The van der Waals surface area contributed by atoms with Gasteiger partial charge >= 0.3 is 6.18 Å². The second kappa shape index (κ2) is 9.68. The van der Waals surface area contributed by atoms with Crippen molar-refractivity contribution in [1.29, 1.82) is 0 Å². The molecule has 1 saturated heterocycles. The second-order valence-corrected chi connectivity index (χ2v) is 8.32. The summed E-state index contributed by atoms with van der Waals surface area (Å²) in [5, 5.41) is 10.4. The van der Waals surface area contributed by atoms with E-state index in [4.69, 9.17) is 4.63 Å². The highest BCUT2D eigenvalue weighted by Crippen LogP contribution is 2.29. The van der Waals surface area contributed by atoms with Gasteiger partial charge in [-0.25, -0.2) is 4.63 Å². The summed E-state index contributed by atoms with van der Waals surface area (Å²) in [7, 11) is 0. The van der Waals surface area contributed by atoms with Crippen LogP contribution >= 0.6 is 0 Å². The number of carbonyl (C=O) groups is 1. The summed E-state index contributed by atoms with van der Waals surface area (Å²) in [4.78, 5) is 14.6. The lowest BCUT2D eigenvalue weighted by atomic mass is 9.92. The largest absolute Gasteiger partial charge is 0.416 e.